The van der Waals surface area contributed by atoms with Crippen LogP contribution in [-0.4, -0.2) is 57.0 Å². The fourth-order valence-corrected chi connectivity index (χ4v) is 5.10. The summed E-state index contributed by atoms with van der Waals surface area (Å²) >= 11 is 0. The van der Waals surface area contributed by atoms with E-state index in [1.54, 1.807) is 6.20 Å². The van der Waals surface area contributed by atoms with E-state index < -0.39 is 0 Å². The molecule has 1 aliphatic heterocycles. The molecule has 3 heterocycles. The largest absolute Gasteiger partial charge is 0.392 e. The van der Waals surface area contributed by atoms with Gasteiger partial charge in [-0.3, -0.25) is 0 Å². The Bertz CT molecular complexity index is 1140. The second kappa shape index (κ2) is 9.14. The Balaban J connectivity index is 1.23. The van der Waals surface area contributed by atoms with Crippen LogP contribution in [0.15, 0.2) is 47.2 Å². The molecule has 3 aromatic rings. The minimum atomic E-state index is -0.258. The Morgan fingerprint density at radius 3 is 2.67 bits per heavy atom. The fraction of sp³-hybridized carbons (Fsp3) is 0.462. The highest BCUT2D eigenvalue weighted by Crippen LogP contribution is 2.51. The van der Waals surface area contributed by atoms with Gasteiger partial charge in [-0.1, -0.05) is 23.9 Å². The van der Waals surface area contributed by atoms with E-state index >= 15 is 0 Å². The molecule has 5 atom stereocenters. The van der Waals surface area contributed by atoms with Crippen molar-refractivity contribution in [1.29, 1.82) is 0 Å². The van der Waals surface area contributed by atoms with Crippen LogP contribution >= 0.6 is 0 Å². The average molecular weight is 446 g/mol. The first-order valence-corrected chi connectivity index (χ1v) is 11.8. The summed E-state index contributed by atoms with van der Waals surface area (Å²) in [4.78, 5) is 6.75. The van der Waals surface area contributed by atoms with Crippen LogP contribution in [0.3, 0.4) is 0 Å². The Morgan fingerprint density at radius 1 is 1.24 bits per heavy atom. The molecule has 0 radical (unpaired) electrons. The Morgan fingerprint density at radius 2 is 2.00 bits per heavy atom. The molecule has 0 bridgehead atoms. The van der Waals surface area contributed by atoms with Gasteiger partial charge in [0.05, 0.1) is 12.1 Å². The molecule has 7 heteroatoms. The number of aliphatic hydroxyl groups excluding tert-OH is 1. The highest BCUT2D eigenvalue weighted by molar-refractivity contribution is 5.59. The topological polar surface area (TPSA) is 93.3 Å². The monoisotopic (exact) mass is 445 g/mol. The number of nitrogens with two attached hydrogens (primary N) is 1. The third kappa shape index (κ3) is 4.47. The van der Waals surface area contributed by atoms with Gasteiger partial charge in [-0.2, -0.15) is 0 Å². The number of imidazole rings is 1. The predicted molar refractivity (Wildman–Crippen MR) is 126 cm³/mol. The molecule has 33 heavy (non-hydrogen) atoms. The van der Waals surface area contributed by atoms with Gasteiger partial charge < -0.3 is 24.8 Å². The van der Waals surface area contributed by atoms with Crippen molar-refractivity contribution in [3.63, 3.8) is 0 Å². The summed E-state index contributed by atoms with van der Waals surface area (Å²) in [5.74, 6) is 10.3. The molecule has 1 unspecified atom stereocenters. The lowest BCUT2D eigenvalue weighted by Gasteiger charge is -2.19. The Labute approximate surface area is 194 Å². The van der Waals surface area contributed by atoms with E-state index in [-0.39, 0.29) is 12.1 Å². The minimum absolute atomic E-state index is 0.0976. The molecule has 2 aliphatic rings. The summed E-state index contributed by atoms with van der Waals surface area (Å²) in [6, 6.07) is 9.99. The van der Waals surface area contributed by atoms with Crippen LogP contribution in [-0.2, 0) is 6.42 Å². The molecule has 2 aromatic heterocycles. The first-order chi connectivity index (χ1) is 16.1. The number of hydrogen-bond donors (Lipinski definition) is 2. The standard InChI is InChI=1S/C26H31N5O2/c1-3-26-28-10-11-31(26)24(13-27)23-12-25(33-29-23)19-7-4-18(5-8-19)6-9-20-21-15-30(14-17(2)32)16-22(20)21/h4-5,7-8,10-12,17,20-22,24,32H,3,13-16,27H2,1-2H3/t17?,20-,21-,22+,24-/m1/s1. The maximum absolute atomic E-state index is 9.55. The van der Waals surface area contributed by atoms with Crippen LogP contribution in [0.4, 0.5) is 0 Å². The Hall–Kier alpha value is -2.92. The second-order valence-electron chi connectivity index (χ2n) is 9.24. The van der Waals surface area contributed by atoms with E-state index in [0.717, 1.165) is 54.5 Å². The number of aliphatic hydroxyl groups is 1. The molecular weight excluding hydrogens is 414 g/mol. The SMILES string of the molecule is CCc1nccn1[C@H](CN)c1cc(-c2ccc(C#C[C@@H]3[C@H]4CN(CC(C)O)C[C@@H]34)cc2)on1. The first kappa shape index (κ1) is 21.9. The van der Waals surface area contributed by atoms with Crippen LogP contribution in [0.1, 0.15) is 37.0 Å². The smallest absolute Gasteiger partial charge is 0.167 e. The van der Waals surface area contributed by atoms with Crippen molar-refractivity contribution in [3.8, 4) is 23.2 Å². The van der Waals surface area contributed by atoms with E-state index in [2.05, 4.69) is 38.4 Å². The van der Waals surface area contributed by atoms with E-state index in [1.165, 1.54) is 0 Å². The van der Waals surface area contributed by atoms with Crippen LogP contribution in [0.25, 0.3) is 11.3 Å². The van der Waals surface area contributed by atoms with Crippen molar-refractivity contribution in [2.45, 2.75) is 32.4 Å². The quantitative estimate of drug-likeness (QED) is 0.543. The number of piperidine rings is 1. The molecule has 5 rings (SSSR count). The highest BCUT2D eigenvalue weighted by Gasteiger charge is 2.54. The summed E-state index contributed by atoms with van der Waals surface area (Å²) in [7, 11) is 0. The zero-order valence-electron chi connectivity index (χ0n) is 19.2. The highest BCUT2D eigenvalue weighted by atomic mass is 16.5. The summed E-state index contributed by atoms with van der Waals surface area (Å²) in [6.45, 7) is 7.24. The zero-order valence-corrected chi connectivity index (χ0v) is 19.2. The van der Waals surface area contributed by atoms with E-state index in [0.29, 0.717) is 24.3 Å². The van der Waals surface area contributed by atoms with Crippen LogP contribution in [0.2, 0.25) is 0 Å². The molecule has 0 spiro atoms. The third-order valence-corrected chi connectivity index (χ3v) is 6.84. The number of hydrogen-bond acceptors (Lipinski definition) is 6. The lowest BCUT2D eigenvalue weighted by atomic mass is 10.1. The van der Waals surface area contributed by atoms with E-state index in [4.69, 9.17) is 10.3 Å². The summed E-state index contributed by atoms with van der Waals surface area (Å²) in [6.07, 6.45) is 4.31. The number of aromatic nitrogens is 3. The molecule has 172 valence electrons. The van der Waals surface area contributed by atoms with Crippen molar-refractivity contribution < 1.29 is 9.63 Å². The van der Waals surface area contributed by atoms with Gasteiger partial charge >= 0.3 is 0 Å². The van der Waals surface area contributed by atoms with Crippen molar-refractivity contribution in [3.05, 3.63) is 59.8 Å². The number of benzene rings is 1. The lowest BCUT2D eigenvalue weighted by molar-refractivity contribution is 0.132. The third-order valence-electron chi connectivity index (χ3n) is 6.84. The Kier molecular flexibility index (Phi) is 6.07. The van der Waals surface area contributed by atoms with Gasteiger partial charge in [-0.25, -0.2) is 4.98 Å². The molecule has 1 aromatic carbocycles. The van der Waals surface area contributed by atoms with Gasteiger partial charge in [-0.15, -0.1) is 0 Å². The molecular formula is C26H31N5O2. The fourth-order valence-electron chi connectivity index (χ4n) is 5.10. The van der Waals surface area contributed by atoms with Crippen molar-refractivity contribution in [2.24, 2.45) is 23.5 Å². The van der Waals surface area contributed by atoms with Crippen LogP contribution in [0, 0.1) is 29.6 Å². The molecule has 7 nitrogen and oxygen atoms in total. The number of rotatable bonds is 7. The minimum Gasteiger partial charge on any atom is -0.392 e. The maximum atomic E-state index is 9.55. The number of likely N-dealkylation sites (tertiary alicyclic amines) is 1. The van der Waals surface area contributed by atoms with Gasteiger partial charge in [0.25, 0.3) is 0 Å². The van der Waals surface area contributed by atoms with Gasteiger partial charge in [0.1, 0.15) is 11.5 Å². The number of aryl methyl sites for hydroxylation is 1. The van der Waals surface area contributed by atoms with Gasteiger partial charge in [0, 0.05) is 68.1 Å². The zero-order chi connectivity index (χ0) is 22.9. The van der Waals surface area contributed by atoms with E-state index in [1.807, 2.05) is 43.5 Å². The number of nitrogens with zero attached hydrogens (tertiary/aromatic N) is 4. The average Bonchev–Trinajstić information content (AvgIpc) is 3.30. The number of β-amino-alcohol motifs (C(OH)–C–C–N with tert-alkyl or cyclic N) is 1. The summed E-state index contributed by atoms with van der Waals surface area (Å²) < 4.78 is 7.71. The summed E-state index contributed by atoms with van der Waals surface area (Å²) in [5, 5.41) is 13.8. The van der Waals surface area contributed by atoms with Gasteiger partial charge in [0.15, 0.2) is 5.76 Å². The molecule has 2 fully saturated rings. The molecule has 3 N–H and O–H groups in total. The van der Waals surface area contributed by atoms with Gasteiger partial charge in [0.2, 0.25) is 0 Å². The van der Waals surface area contributed by atoms with Gasteiger partial charge in [-0.05, 0) is 43.0 Å². The second-order valence-corrected chi connectivity index (χ2v) is 9.24. The van der Waals surface area contributed by atoms with Crippen molar-refractivity contribution in [1.82, 2.24) is 19.6 Å². The normalized spacial score (nSPS) is 23.6. The molecule has 1 aliphatic carbocycles. The first-order valence-electron chi connectivity index (χ1n) is 11.8. The van der Waals surface area contributed by atoms with Crippen molar-refractivity contribution in [2.75, 3.05) is 26.2 Å². The molecule has 1 saturated heterocycles. The summed E-state index contributed by atoms with van der Waals surface area (Å²) in [5.41, 5.74) is 8.83. The van der Waals surface area contributed by atoms with Crippen LogP contribution < -0.4 is 5.73 Å². The predicted octanol–water partition coefficient (Wildman–Crippen LogP) is 2.56. The molecule has 1 saturated carbocycles. The maximum Gasteiger partial charge on any atom is 0.167 e. The number of fused-ring (bicyclic) bond motifs is 1. The molecule has 0 amide bonds. The van der Waals surface area contributed by atoms with Crippen LogP contribution in [0.5, 0.6) is 0 Å². The lowest BCUT2D eigenvalue weighted by Crippen LogP contribution is -2.31. The van der Waals surface area contributed by atoms with Crippen molar-refractivity contribution >= 4 is 0 Å². The van der Waals surface area contributed by atoms with E-state index in [9.17, 15) is 5.11 Å².